The Morgan fingerprint density at radius 1 is 1.48 bits per heavy atom. The highest BCUT2D eigenvalue weighted by Crippen LogP contribution is 2.37. The lowest BCUT2D eigenvalue weighted by atomic mass is 9.85. The fourth-order valence-electron chi connectivity index (χ4n) is 2.51. The molecular weight excluding hydrogens is 312 g/mol. The van der Waals surface area contributed by atoms with Crippen LogP contribution in [0.2, 0.25) is 0 Å². The summed E-state index contributed by atoms with van der Waals surface area (Å²) in [6.45, 7) is 4.00. The lowest BCUT2D eigenvalue weighted by molar-refractivity contribution is -0.139. The maximum Gasteiger partial charge on any atom is 0.316 e. The number of rotatable bonds is 5. The number of hydrogen-bond donors (Lipinski definition) is 1. The molecule has 120 valence electrons. The summed E-state index contributed by atoms with van der Waals surface area (Å²) >= 11 is 1.14. The van der Waals surface area contributed by atoms with Crippen molar-refractivity contribution in [3.8, 4) is 6.07 Å². The fourth-order valence-corrected chi connectivity index (χ4v) is 3.39. The minimum Gasteiger partial charge on any atom is -0.465 e. The largest absolute Gasteiger partial charge is 0.465 e. The van der Waals surface area contributed by atoms with Crippen molar-refractivity contribution in [3.63, 3.8) is 0 Å². The minimum absolute atomic E-state index is 0.0646. The van der Waals surface area contributed by atoms with Gasteiger partial charge in [-0.1, -0.05) is 36.0 Å². The van der Waals surface area contributed by atoms with E-state index >= 15 is 0 Å². The molecule has 0 bridgehead atoms. The van der Waals surface area contributed by atoms with Gasteiger partial charge in [-0.15, -0.1) is 0 Å². The van der Waals surface area contributed by atoms with Crippen LogP contribution in [0.3, 0.4) is 0 Å². The van der Waals surface area contributed by atoms with Crippen LogP contribution in [0, 0.1) is 18.3 Å². The van der Waals surface area contributed by atoms with E-state index in [1.165, 1.54) is 0 Å². The predicted molar refractivity (Wildman–Crippen MR) is 88.4 cm³/mol. The van der Waals surface area contributed by atoms with E-state index in [2.05, 4.69) is 11.4 Å². The first-order chi connectivity index (χ1) is 11.1. The zero-order valence-electron chi connectivity index (χ0n) is 13.1. The van der Waals surface area contributed by atoms with Crippen molar-refractivity contribution in [1.82, 2.24) is 5.32 Å². The molecule has 23 heavy (non-hydrogen) atoms. The summed E-state index contributed by atoms with van der Waals surface area (Å²) in [5.74, 6) is -0.729. The van der Waals surface area contributed by atoms with Crippen LogP contribution >= 0.6 is 11.8 Å². The maximum absolute atomic E-state index is 12.0. The monoisotopic (exact) mass is 330 g/mol. The molecule has 1 amide bonds. The number of thioether (sulfide) groups is 1. The van der Waals surface area contributed by atoms with E-state index in [0.29, 0.717) is 17.2 Å². The third kappa shape index (κ3) is 4.14. The zero-order chi connectivity index (χ0) is 16.8. The molecule has 0 fully saturated rings. The number of aryl methyl sites for hydroxylation is 1. The van der Waals surface area contributed by atoms with Gasteiger partial charge in [-0.3, -0.25) is 9.59 Å². The topological polar surface area (TPSA) is 79.2 Å². The number of benzene rings is 1. The SMILES string of the molecule is CCOC(=O)CSC1=C(C#N)C(c2ccccc2C)CC(=O)N1. The Morgan fingerprint density at radius 3 is 2.87 bits per heavy atom. The molecular formula is C17H18N2O3S. The molecule has 6 heteroatoms. The van der Waals surface area contributed by atoms with Gasteiger partial charge in [0.1, 0.15) is 0 Å². The number of nitrogens with one attached hydrogen (secondary N) is 1. The van der Waals surface area contributed by atoms with Gasteiger partial charge in [-0.05, 0) is 25.0 Å². The summed E-state index contributed by atoms with van der Waals surface area (Å²) in [5.41, 5.74) is 2.50. The lowest BCUT2D eigenvalue weighted by Gasteiger charge is -2.26. The van der Waals surface area contributed by atoms with E-state index in [0.717, 1.165) is 22.9 Å². The van der Waals surface area contributed by atoms with Gasteiger partial charge in [0.05, 0.1) is 29.0 Å². The molecule has 1 aromatic carbocycles. The molecule has 0 aliphatic carbocycles. The average molecular weight is 330 g/mol. The van der Waals surface area contributed by atoms with Gasteiger partial charge in [-0.25, -0.2) is 0 Å². The quantitative estimate of drug-likeness (QED) is 0.840. The summed E-state index contributed by atoms with van der Waals surface area (Å²) in [5, 5.41) is 12.7. The summed E-state index contributed by atoms with van der Waals surface area (Å²) in [7, 11) is 0. The van der Waals surface area contributed by atoms with Crippen LogP contribution < -0.4 is 5.32 Å². The number of nitrogens with zero attached hydrogens (tertiary/aromatic N) is 1. The van der Waals surface area contributed by atoms with Crippen LogP contribution in [-0.4, -0.2) is 24.2 Å². The second-order valence-corrected chi connectivity index (χ2v) is 6.10. The molecule has 1 aromatic rings. The summed E-state index contributed by atoms with van der Waals surface area (Å²) < 4.78 is 4.88. The number of carbonyl (C=O) groups excluding carboxylic acids is 2. The second kappa shape index (κ2) is 7.84. The third-order valence-corrected chi connectivity index (χ3v) is 4.55. The fraction of sp³-hybridized carbons (Fsp3) is 0.353. The minimum atomic E-state index is -0.366. The van der Waals surface area contributed by atoms with E-state index in [4.69, 9.17) is 4.74 Å². The van der Waals surface area contributed by atoms with Gasteiger partial charge in [0.25, 0.3) is 0 Å². The Kier molecular flexibility index (Phi) is 5.83. The van der Waals surface area contributed by atoms with Crippen LogP contribution in [0.4, 0.5) is 0 Å². The number of carbonyl (C=O) groups is 2. The van der Waals surface area contributed by atoms with Crippen molar-refractivity contribution in [2.45, 2.75) is 26.2 Å². The Bertz CT molecular complexity index is 691. The number of allylic oxidation sites excluding steroid dienone is 1. The van der Waals surface area contributed by atoms with E-state index in [1.54, 1.807) is 6.92 Å². The Hall–Kier alpha value is -2.26. The third-order valence-electron chi connectivity index (χ3n) is 3.56. The first-order valence-corrected chi connectivity index (χ1v) is 8.33. The van der Waals surface area contributed by atoms with Gasteiger partial charge in [0, 0.05) is 12.3 Å². The predicted octanol–water partition coefficient (Wildman–Crippen LogP) is 2.63. The molecule has 0 saturated carbocycles. The summed E-state index contributed by atoms with van der Waals surface area (Å²) in [6.07, 6.45) is 0.233. The smallest absolute Gasteiger partial charge is 0.316 e. The van der Waals surface area contributed by atoms with Crippen molar-refractivity contribution >= 4 is 23.6 Å². The van der Waals surface area contributed by atoms with Crippen molar-refractivity contribution < 1.29 is 14.3 Å². The average Bonchev–Trinajstić information content (AvgIpc) is 2.53. The summed E-state index contributed by atoms with van der Waals surface area (Å²) in [6, 6.07) is 9.92. The van der Waals surface area contributed by atoms with Gasteiger partial charge in [0.15, 0.2) is 0 Å². The van der Waals surface area contributed by atoms with Crippen LogP contribution in [0.1, 0.15) is 30.4 Å². The molecule has 1 N–H and O–H groups in total. The van der Waals surface area contributed by atoms with Crippen LogP contribution in [0.25, 0.3) is 0 Å². The molecule has 1 unspecified atom stereocenters. The van der Waals surface area contributed by atoms with Crippen molar-refractivity contribution in [2.24, 2.45) is 0 Å². The van der Waals surface area contributed by atoms with Crippen LogP contribution in [0.5, 0.6) is 0 Å². The van der Waals surface area contributed by atoms with E-state index in [-0.39, 0.29) is 30.0 Å². The molecule has 1 heterocycles. The van der Waals surface area contributed by atoms with Gasteiger partial charge in [0.2, 0.25) is 5.91 Å². The first kappa shape index (κ1) is 17.1. The Balaban J connectivity index is 2.30. The molecule has 0 radical (unpaired) electrons. The van der Waals surface area contributed by atoms with Crippen molar-refractivity contribution in [1.29, 1.82) is 5.26 Å². The molecule has 1 aliphatic heterocycles. The number of amides is 1. The molecule has 5 nitrogen and oxygen atoms in total. The van der Waals surface area contributed by atoms with Crippen molar-refractivity contribution in [3.05, 3.63) is 46.0 Å². The number of esters is 1. The summed E-state index contributed by atoms with van der Waals surface area (Å²) in [4.78, 5) is 23.5. The van der Waals surface area contributed by atoms with Gasteiger partial charge in [-0.2, -0.15) is 5.26 Å². The highest BCUT2D eigenvalue weighted by Gasteiger charge is 2.30. The molecule has 0 spiro atoms. The zero-order valence-corrected chi connectivity index (χ0v) is 13.9. The van der Waals surface area contributed by atoms with E-state index in [1.807, 2.05) is 31.2 Å². The molecule has 1 aliphatic rings. The number of ether oxygens (including phenoxy) is 1. The number of hydrogen-bond acceptors (Lipinski definition) is 5. The molecule has 2 rings (SSSR count). The lowest BCUT2D eigenvalue weighted by Crippen LogP contribution is -2.31. The van der Waals surface area contributed by atoms with E-state index in [9.17, 15) is 14.9 Å². The maximum atomic E-state index is 12.0. The molecule has 0 aromatic heterocycles. The highest BCUT2D eigenvalue weighted by molar-refractivity contribution is 8.03. The molecule has 0 saturated heterocycles. The number of nitriles is 1. The normalized spacial score (nSPS) is 17.4. The second-order valence-electron chi connectivity index (χ2n) is 5.11. The Labute approximate surface area is 139 Å². The van der Waals surface area contributed by atoms with Crippen LogP contribution in [-0.2, 0) is 14.3 Å². The first-order valence-electron chi connectivity index (χ1n) is 7.34. The van der Waals surface area contributed by atoms with Crippen molar-refractivity contribution in [2.75, 3.05) is 12.4 Å². The Morgan fingerprint density at radius 2 is 2.22 bits per heavy atom. The van der Waals surface area contributed by atoms with Gasteiger partial charge >= 0.3 is 5.97 Å². The van der Waals surface area contributed by atoms with Gasteiger partial charge < -0.3 is 10.1 Å². The van der Waals surface area contributed by atoms with Crippen LogP contribution in [0.15, 0.2) is 34.9 Å². The molecule has 1 atom stereocenters. The standard InChI is InChI=1S/C17H18N2O3S/c1-3-22-16(21)10-23-17-14(9-18)13(8-15(20)19-17)12-7-5-4-6-11(12)2/h4-7,13H,3,8,10H2,1-2H3,(H,19,20). The highest BCUT2D eigenvalue weighted by atomic mass is 32.2. The van der Waals surface area contributed by atoms with E-state index < -0.39 is 0 Å².